The first kappa shape index (κ1) is 17.1. The molecule has 27 heavy (non-hydrogen) atoms. The molecule has 0 radical (unpaired) electrons. The molecule has 0 spiro atoms. The number of anilines is 1. The van der Waals surface area contributed by atoms with Gasteiger partial charge in [-0.15, -0.1) is 0 Å². The van der Waals surface area contributed by atoms with Crippen molar-refractivity contribution in [3.8, 4) is 5.69 Å². The highest BCUT2D eigenvalue weighted by atomic mass is 19.4. The number of nitrogens with zero attached hydrogens (tertiary/aromatic N) is 3. The highest BCUT2D eigenvalue weighted by Crippen LogP contribution is 2.31. The summed E-state index contributed by atoms with van der Waals surface area (Å²) < 4.78 is 41.6. The van der Waals surface area contributed by atoms with Gasteiger partial charge in [-0.05, 0) is 42.5 Å². The van der Waals surface area contributed by atoms with Gasteiger partial charge in [0.25, 0.3) is 5.56 Å². The van der Waals surface area contributed by atoms with Crippen molar-refractivity contribution in [3.05, 3.63) is 64.6 Å². The number of nitrogens with one attached hydrogen (secondary N) is 1. The number of aryl methyl sites for hydroxylation is 1. The highest BCUT2D eigenvalue weighted by molar-refractivity contribution is 6.04. The minimum atomic E-state index is -4.43. The van der Waals surface area contributed by atoms with E-state index in [0.717, 1.165) is 23.2 Å². The molecule has 0 unspecified atom stereocenters. The average Bonchev–Trinajstić information content (AvgIpc) is 3.03. The Hall–Kier alpha value is -3.29. The van der Waals surface area contributed by atoms with E-state index in [0.29, 0.717) is 22.1 Å². The van der Waals surface area contributed by atoms with E-state index in [1.54, 1.807) is 37.1 Å². The Morgan fingerprint density at radius 2 is 1.74 bits per heavy atom. The van der Waals surface area contributed by atoms with Crippen LogP contribution in [0.1, 0.15) is 5.56 Å². The van der Waals surface area contributed by atoms with Crippen molar-refractivity contribution in [1.29, 1.82) is 0 Å². The van der Waals surface area contributed by atoms with Crippen molar-refractivity contribution in [3.63, 3.8) is 0 Å². The van der Waals surface area contributed by atoms with Gasteiger partial charge in [-0.25, -0.2) is 0 Å². The standard InChI is InChI=1S/C19H15F3N4O/c1-23-12-5-8-16-14(9-12)17-15(10-25(2)24-17)18(27)26(16)13-6-3-11(4-7-13)19(20,21)22/h3-10,23H,1-2H3. The first-order valence-electron chi connectivity index (χ1n) is 8.17. The zero-order valence-electron chi connectivity index (χ0n) is 14.5. The first-order valence-corrected chi connectivity index (χ1v) is 8.17. The second kappa shape index (κ2) is 5.87. The van der Waals surface area contributed by atoms with Gasteiger partial charge in [0, 0.05) is 37.1 Å². The zero-order valence-corrected chi connectivity index (χ0v) is 14.5. The van der Waals surface area contributed by atoms with Crippen LogP contribution < -0.4 is 10.9 Å². The van der Waals surface area contributed by atoms with Crippen LogP contribution in [0.3, 0.4) is 0 Å². The molecule has 0 saturated carbocycles. The van der Waals surface area contributed by atoms with Crippen molar-refractivity contribution in [2.45, 2.75) is 6.18 Å². The number of pyridine rings is 1. The molecule has 1 N–H and O–H groups in total. The second-order valence-corrected chi connectivity index (χ2v) is 6.23. The van der Waals surface area contributed by atoms with E-state index < -0.39 is 11.7 Å². The fourth-order valence-corrected chi connectivity index (χ4v) is 3.21. The Balaban J connectivity index is 2.07. The number of hydrogen-bond acceptors (Lipinski definition) is 3. The van der Waals surface area contributed by atoms with Crippen molar-refractivity contribution >= 4 is 27.5 Å². The number of fused-ring (bicyclic) bond motifs is 3. The van der Waals surface area contributed by atoms with Gasteiger partial charge in [0.2, 0.25) is 0 Å². The summed E-state index contributed by atoms with van der Waals surface area (Å²) in [5.41, 5.74) is 1.24. The van der Waals surface area contributed by atoms with Crippen molar-refractivity contribution in [2.24, 2.45) is 7.05 Å². The van der Waals surface area contributed by atoms with Crippen LogP contribution in [0.5, 0.6) is 0 Å². The number of benzene rings is 2. The predicted molar refractivity (Wildman–Crippen MR) is 98.4 cm³/mol. The van der Waals surface area contributed by atoms with E-state index in [1.807, 2.05) is 6.07 Å². The monoisotopic (exact) mass is 372 g/mol. The molecule has 4 rings (SSSR count). The lowest BCUT2D eigenvalue weighted by molar-refractivity contribution is -0.137. The summed E-state index contributed by atoms with van der Waals surface area (Å²) in [6.45, 7) is 0. The molecule has 0 fully saturated rings. The molecule has 0 bridgehead atoms. The predicted octanol–water partition coefficient (Wildman–Crippen LogP) is 3.94. The lowest BCUT2D eigenvalue weighted by Crippen LogP contribution is -2.19. The van der Waals surface area contributed by atoms with Crippen LogP contribution in [0.4, 0.5) is 18.9 Å². The summed E-state index contributed by atoms with van der Waals surface area (Å²) in [7, 11) is 3.50. The fourth-order valence-electron chi connectivity index (χ4n) is 3.21. The van der Waals surface area contributed by atoms with Crippen LogP contribution in [0.15, 0.2) is 53.5 Å². The molecule has 0 atom stereocenters. The van der Waals surface area contributed by atoms with E-state index in [-0.39, 0.29) is 5.56 Å². The van der Waals surface area contributed by atoms with Gasteiger partial charge < -0.3 is 5.32 Å². The normalized spacial score (nSPS) is 12.0. The van der Waals surface area contributed by atoms with Gasteiger partial charge in [-0.2, -0.15) is 18.3 Å². The molecule has 2 aromatic heterocycles. The molecular weight excluding hydrogens is 357 g/mol. The summed E-state index contributed by atoms with van der Waals surface area (Å²) in [4.78, 5) is 13.1. The van der Waals surface area contributed by atoms with E-state index in [1.165, 1.54) is 16.7 Å². The first-order chi connectivity index (χ1) is 12.8. The quantitative estimate of drug-likeness (QED) is 0.580. The molecule has 2 heterocycles. The van der Waals surface area contributed by atoms with Gasteiger partial charge in [0.1, 0.15) is 5.52 Å². The van der Waals surface area contributed by atoms with Crippen molar-refractivity contribution in [2.75, 3.05) is 12.4 Å². The van der Waals surface area contributed by atoms with E-state index in [4.69, 9.17) is 0 Å². The lowest BCUT2D eigenvalue weighted by atomic mass is 10.1. The zero-order chi connectivity index (χ0) is 19.3. The van der Waals surface area contributed by atoms with E-state index in [9.17, 15) is 18.0 Å². The number of hydrogen-bond donors (Lipinski definition) is 1. The third-order valence-corrected chi connectivity index (χ3v) is 4.50. The van der Waals surface area contributed by atoms with Gasteiger partial charge in [0.05, 0.1) is 16.5 Å². The van der Waals surface area contributed by atoms with Gasteiger partial charge >= 0.3 is 6.18 Å². The Labute approximate surface area is 151 Å². The second-order valence-electron chi connectivity index (χ2n) is 6.23. The highest BCUT2D eigenvalue weighted by Gasteiger charge is 2.30. The SMILES string of the molecule is CNc1ccc2c(c1)c1nn(C)cc1c(=O)n2-c1ccc(C(F)(F)F)cc1. The maximum absolute atomic E-state index is 13.1. The van der Waals surface area contributed by atoms with Crippen molar-refractivity contribution in [1.82, 2.24) is 14.3 Å². The topological polar surface area (TPSA) is 51.9 Å². The molecule has 0 amide bonds. The summed E-state index contributed by atoms with van der Waals surface area (Å²) in [5.74, 6) is 0. The Kier molecular flexibility index (Phi) is 3.73. The van der Waals surface area contributed by atoms with Crippen LogP contribution in [-0.4, -0.2) is 21.4 Å². The van der Waals surface area contributed by atoms with Gasteiger partial charge in [-0.3, -0.25) is 14.0 Å². The van der Waals surface area contributed by atoms with E-state index in [2.05, 4.69) is 10.4 Å². The van der Waals surface area contributed by atoms with Crippen molar-refractivity contribution < 1.29 is 13.2 Å². The minimum absolute atomic E-state index is 0.331. The smallest absolute Gasteiger partial charge is 0.388 e. The number of halogens is 3. The van der Waals surface area contributed by atoms with E-state index >= 15 is 0 Å². The van der Waals surface area contributed by atoms with Crippen LogP contribution in [0.25, 0.3) is 27.5 Å². The maximum atomic E-state index is 13.1. The molecule has 138 valence electrons. The number of rotatable bonds is 2. The molecular formula is C19H15F3N4O. The molecule has 5 nitrogen and oxygen atoms in total. The molecule has 0 aliphatic carbocycles. The van der Waals surface area contributed by atoms with Crippen LogP contribution >= 0.6 is 0 Å². The molecule has 8 heteroatoms. The Bertz CT molecular complexity index is 1220. The summed E-state index contributed by atoms with van der Waals surface area (Å²) in [6, 6.07) is 9.98. The maximum Gasteiger partial charge on any atom is 0.416 e. The molecule has 2 aromatic carbocycles. The average molecular weight is 372 g/mol. The van der Waals surface area contributed by atoms with Crippen LogP contribution in [0, 0.1) is 0 Å². The minimum Gasteiger partial charge on any atom is -0.388 e. The number of aromatic nitrogens is 3. The van der Waals surface area contributed by atoms with Gasteiger partial charge in [0.15, 0.2) is 0 Å². The Morgan fingerprint density at radius 3 is 2.37 bits per heavy atom. The van der Waals surface area contributed by atoms with Gasteiger partial charge in [-0.1, -0.05) is 0 Å². The number of alkyl halides is 3. The molecule has 0 saturated heterocycles. The summed E-state index contributed by atoms with van der Waals surface area (Å²) >= 11 is 0. The largest absolute Gasteiger partial charge is 0.416 e. The molecule has 0 aliphatic heterocycles. The van der Waals surface area contributed by atoms with Crippen LogP contribution in [0.2, 0.25) is 0 Å². The third kappa shape index (κ3) is 2.73. The Morgan fingerprint density at radius 1 is 1.04 bits per heavy atom. The molecule has 0 aliphatic rings. The molecule has 4 aromatic rings. The lowest BCUT2D eigenvalue weighted by Gasteiger charge is -2.13. The summed E-state index contributed by atoms with van der Waals surface area (Å²) in [6.07, 6.45) is -2.82. The fraction of sp³-hybridized carbons (Fsp3) is 0.158. The van der Waals surface area contributed by atoms with Crippen LogP contribution in [-0.2, 0) is 13.2 Å². The summed E-state index contributed by atoms with van der Waals surface area (Å²) in [5, 5.41) is 8.56. The third-order valence-electron chi connectivity index (χ3n) is 4.50.